The highest BCUT2D eigenvalue weighted by Crippen LogP contribution is 2.20. The molecular weight excluding hydrogens is 374 g/mol. The zero-order chi connectivity index (χ0) is 20.1. The van der Waals surface area contributed by atoms with Crippen LogP contribution in [-0.4, -0.2) is 52.5 Å². The van der Waals surface area contributed by atoms with Gasteiger partial charge in [-0.15, -0.1) is 0 Å². The third-order valence-corrected chi connectivity index (χ3v) is 5.66. The summed E-state index contributed by atoms with van der Waals surface area (Å²) >= 11 is 5.57. The number of hydrogen-bond acceptors (Lipinski definition) is 4. The van der Waals surface area contributed by atoms with E-state index in [1.54, 1.807) is 0 Å². The lowest BCUT2D eigenvalue weighted by molar-refractivity contribution is 0.113. The fourth-order valence-electron chi connectivity index (χ4n) is 3.57. The van der Waals surface area contributed by atoms with Crippen LogP contribution in [-0.2, 0) is 11.3 Å². The van der Waals surface area contributed by atoms with Crippen molar-refractivity contribution in [1.29, 1.82) is 0 Å². The van der Waals surface area contributed by atoms with E-state index in [0.717, 1.165) is 41.5 Å². The Labute approximate surface area is 170 Å². The first kappa shape index (κ1) is 20.8. The van der Waals surface area contributed by atoms with Gasteiger partial charge < -0.3 is 25.0 Å². The molecule has 1 aromatic carbocycles. The van der Waals surface area contributed by atoms with Crippen molar-refractivity contribution in [3.63, 3.8) is 0 Å². The highest BCUT2D eigenvalue weighted by molar-refractivity contribution is 7.80. The van der Waals surface area contributed by atoms with E-state index in [4.69, 9.17) is 17.0 Å². The van der Waals surface area contributed by atoms with Crippen LogP contribution in [0.15, 0.2) is 23.0 Å². The Morgan fingerprint density at radius 2 is 2.18 bits per heavy atom. The van der Waals surface area contributed by atoms with Crippen LogP contribution in [0, 0.1) is 13.8 Å². The number of fused-ring (bicyclic) bond motifs is 1. The molecule has 2 heterocycles. The lowest BCUT2D eigenvalue weighted by Crippen LogP contribution is -2.43. The minimum Gasteiger partial charge on any atom is -0.396 e. The molecule has 0 unspecified atom stereocenters. The monoisotopic (exact) mass is 403 g/mol. The van der Waals surface area contributed by atoms with E-state index in [1.807, 2.05) is 30.9 Å². The number of pyridine rings is 1. The summed E-state index contributed by atoms with van der Waals surface area (Å²) in [7, 11) is 0. The van der Waals surface area contributed by atoms with Gasteiger partial charge in [-0.1, -0.05) is 12.1 Å². The first-order valence-electron chi connectivity index (χ1n) is 9.87. The Morgan fingerprint density at radius 3 is 2.89 bits per heavy atom. The van der Waals surface area contributed by atoms with Gasteiger partial charge in [0.15, 0.2) is 5.11 Å². The molecule has 7 heteroatoms. The van der Waals surface area contributed by atoms with Crippen LogP contribution in [0.25, 0.3) is 10.9 Å². The average Bonchev–Trinajstić information content (AvgIpc) is 3.20. The quantitative estimate of drug-likeness (QED) is 0.616. The lowest BCUT2D eigenvalue weighted by atomic mass is 10.0. The number of nitrogens with zero attached hydrogens (tertiary/aromatic N) is 1. The molecule has 1 aliphatic heterocycles. The summed E-state index contributed by atoms with van der Waals surface area (Å²) in [5.41, 5.74) is 3.63. The summed E-state index contributed by atoms with van der Waals surface area (Å²) in [4.78, 5) is 17.7. The summed E-state index contributed by atoms with van der Waals surface area (Å²) in [5, 5.41) is 14.2. The predicted octanol–water partition coefficient (Wildman–Crippen LogP) is 2.38. The zero-order valence-corrected chi connectivity index (χ0v) is 17.4. The Bertz CT molecular complexity index is 890. The summed E-state index contributed by atoms with van der Waals surface area (Å²) < 4.78 is 5.64. The molecule has 152 valence electrons. The summed E-state index contributed by atoms with van der Waals surface area (Å²) in [6.45, 7) is 6.57. The van der Waals surface area contributed by atoms with E-state index in [9.17, 15) is 9.90 Å². The van der Waals surface area contributed by atoms with E-state index in [-0.39, 0.29) is 18.3 Å². The zero-order valence-electron chi connectivity index (χ0n) is 16.6. The van der Waals surface area contributed by atoms with Gasteiger partial charge in [-0.3, -0.25) is 4.79 Å². The van der Waals surface area contributed by atoms with Gasteiger partial charge in [-0.05, 0) is 62.5 Å². The molecule has 3 rings (SSSR count). The van der Waals surface area contributed by atoms with Gasteiger partial charge in [0.05, 0.1) is 18.2 Å². The van der Waals surface area contributed by atoms with Gasteiger partial charge in [0, 0.05) is 37.3 Å². The van der Waals surface area contributed by atoms with Crippen LogP contribution in [0.3, 0.4) is 0 Å². The van der Waals surface area contributed by atoms with Crippen molar-refractivity contribution >= 4 is 28.2 Å². The third-order valence-electron chi connectivity index (χ3n) is 5.26. The molecule has 0 saturated carbocycles. The molecule has 6 nitrogen and oxygen atoms in total. The minimum atomic E-state index is -0.0999. The third kappa shape index (κ3) is 4.90. The normalized spacial score (nSPS) is 16.5. The number of H-pyrrole nitrogens is 1. The number of nitrogens with one attached hydrogen (secondary N) is 2. The Kier molecular flexibility index (Phi) is 7.04. The van der Waals surface area contributed by atoms with E-state index in [0.29, 0.717) is 36.7 Å². The Balaban J connectivity index is 1.79. The van der Waals surface area contributed by atoms with E-state index >= 15 is 0 Å². The van der Waals surface area contributed by atoms with Crippen LogP contribution < -0.4 is 10.9 Å². The smallest absolute Gasteiger partial charge is 0.253 e. The summed E-state index contributed by atoms with van der Waals surface area (Å²) in [5.74, 6) is 0. The first-order valence-corrected chi connectivity index (χ1v) is 10.3. The van der Waals surface area contributed by atoms with Crippen molar-refractivity contribution in [3.05, 3.63) is 45.2 Å². The number of aryl methyl sites for hydroxylation is 2. The number of aromatic nitrogens is 1. The molecule has 1 saturated heterocycles. The number of aliphatic hydroxyl groups is 1. The fraction of sp³-hybridized carbons (Fsp3) is 0.524. The Hall–Kier alpha value is -1.96. The summed E-state index contributed by atoms with van der Waals surface area (Å²) in [6, 6.07) is 6.05. The van der Waals surface area contributed by atoms with E-state index in [1.165, 1.54) is 0 Å². The van der Waals surface area contributed by atoms with Crippen LogP contribution in [0.5, 0.6) is 0 Å². The number of thiocarbonyl (C=S) groups is 1. The number of hydrogen-bond donors (Lipinski definition) is 3. The van der Waals surface area contributed by atoms with Gasteiger partial charge in [-0.25, -0.2) is 0 Å². The minimum absolute atomic E-state index is 0.0806. The molecular formula is C21H29N3O3S. The van der Waals surface area contributed by atoms with Crippen molar-refractivity contribution in [3.8, 4) is 0 Å². The Morgan fingerprint density at radius 1 is 1.39 bits per heavy atom. The molecule has 1 aliphatic rings. The molecule has 1 aromatic heterocycles. The lowest BCUT2D eigenvalue weighted by Gasteiger charge is -2.26. The molecule has 0 bridgehead atoms. The van der Waals surface area contributed by atoms with E-state index < -0.39 is 0 Å². The second-order valence-corrected chi connectivity index (χ2v) is 7.82. The molecule has 1 fully saturated rings. The van der Waals surface area contributed by atoms with Crippen molar-refractivity contribution < 1.29 is 9.84 Å². The molecule has 0 amide bonds. The second-order valence-electron chi connectivity index (χ2n) is 7.43. The number of aliphatic hydroxyl groups excluding tert-OH is 1. The summed E-state index contributed by atoms with van der Waals surface area (Å²) in [6.07, 6.45) is 2.89. The van der Waals surface area contributed by atoms with Gasteiger partial charge in [0.25, 0.3) is 5.56 Å². The van der Waals surface area contributed by atoms with Crippen molar-refractivity contribution in [2.45, 2.75) is 45.8 Å². The van der Waals surface area contributed by atoms with Gasteiger partial charge in [0.1, 0.15) is 0 Å². The fourth-order valence-corrected chi connectivity index (χ4v) is 3.81. The molecule has 28 heavy (non-hydrogen) atoms. The van der Waals surface area contributed by atoms with Crippen LogP contribution in [0.1, 0.15) is 36.0 Å². The van der Waals surface area contributed by atoms with Crippen LogP contribution >= 0.6 is 12.2 Å². The molecule has 2 aromatic rings. The van der Waals surface area contributed by atoms with Gasteiger partial charge in [0.2, 0.25) is 0 Å². The number of rotatable bonds is 7. The largest absolute Gasteiger partial charge is 0.396 e. The highest BCUT2D eigenvalue weighted by atomic mass is 32.1. The first-order chi connectivity index (χ1) is 13.5. The maximum atomic E-state index is 12.7. The second kappa shape index (κ2) is 9.49. The highest BCUT2D eigenvalue weighted by Gasteiger charge is 2.18. The average molecular weight is 404 g/mol. The predicted molar refractivity (Wildman–Crippen MR) is 116 cm³/mol. The molecule has 0 radical (unpaired) electrons. The van der Waals surface area contributed by atoms with Crippen LogP contribution in [0.2, 0.25) is 0 Å². The number of benzene rings is 1. The van der Waals surface area contributed by atoms with Gasteiger partial charge in [-0.2, -0.15) is 0 Å². The molecule has 3 N–H and O–H groups in total. The number of aromatic amines is 1. The number of ether oxygens (including phenoxy) is 1. The van der Waals surface area contributed by atoms with E-state index in [2.05, 4.69) is 16.4 Å². The van der Waals surface area contributed by atoms with Crippen molar-refractivity contribution in [1.82, 2.24) is 15.2 Å². The molecule has 0 aliphatic carbocycles. The van der Waals surface area contributed by atoms with Gasteiger partial charge >= 0.3 is 0 Å². The maximum Gasteiger partial charge on any atom is 0.253 e. The molecule has 1 atom stereocenters. The van der Waals surface area contributed by atoms with Crippen molar-refractivity contribution in [2.24, 2.45) is 0 Å². The standard InChI is InChI=1S/C21H29N3O3S/c1-14-6-7-15(2)19-18(14)11-16(20(26)23-19)13-24(8-4-9-25)21(28)22-12-17-5-3-10-27-17/h6-7,11,17,25H,3-5,8-10,12-13H2,1-2H3,(H,22,28)(H,23,26)/t17-/m1/s1. The van der Waals surface area contributed by atoms with Crippen LogP contribution in [0.4, 0.5) is 0 Å². The topological polar surface area (TPSA) is 77.6 Å². The molecule has 0 spiro atoms. The van der Waals surface area contributed by atoms with Crippen molar-refractivity contribution in [2.75, 3.05) is 26.3 Å². The SMILES string of the molecule is Cc1ccc(C)c2[nH]c(=O)c(CN(CCCO)C(=S)NC[C@H]3CCCO3)cc12. The maximum absolute atomic E-state index is 12.7.